The van der Waals surface area contributed by atoms with Crippen LogP contribution in [0.15, 0.2) is 34.7 Å². The Kier molecular flexibility index (Phi) is 6.92. The summed E-state index contributed by atoms with van der Waals surface area (Å²) in [7, 11) is 0. The van der Waals surface area contributed by atoms with Crippen molar-refractivity contribution in [1.82, 2.24) is 15.5 Å². The molecule has 0 saturated heterocycles. The molecule has 0 spiro atoms. The monoisotopic (exact) mass is 537 g/mol. The lowest BCUT2D eigenvalue weighted by Gasteiger charge is -2.33. The SMILES string of the molecule is Cc1ccc([C@H](NC(CNc2ccc(Cl)c3c2C(=O)N(c2cc(C4CC4)[nH]n2)C3)C(=O)C=O)C(C)(C)C)o1. The summed E-state index contributed by atoms with van der Waals surface area (Å²) in [6.45, 7) is 8.33. The summed E-state index contributed by atoms with van der Waals surface area (Å²) in [4.78, 5) is 39.3. The van der Waals surface area contributed by atoms with Crippen molar-refractivity contribution in [2.75, 3.05) is 16.8 Å². The smallest absolute Gasteiger partial charge is 0.262 e. The molecule has 1 aliphatic carbocycles. The van der Waals surface area contributed by atoms with Gasteiger partial charge in [-0.1, -0.05) is 32.4 Å². The summed E-state index contributed by atoms with van der Waals surface area (Å²) in [5, 5.41) is 14.4. The number of hydrogen-bond donors (Lipinski definition) is 3. The van der Waals surface area contributed by atoms with E-state index in [1.165, 1.54) is 0 Å². The first-order chi connectivity index (χ1) is 18.1. The Hall–Kier alpha value is -3.43. The number of amides is 1. The molecule has 3 aromatic rings. The van der Waals surface area contributed by atoms with E-state index >= 15 is 0 Å². The molecule has 1 amide bonds. The fourth-order valence-corrected chi connectivity index (χ4v) is 5.11. The molecule has 2 aliphatic rings. The molecule has 2 atom stereocenters. The number of halogens is 1. The average molecular weight is 538 g/mol. The minimum Gasteiger partial charge on any atom is -0.465 e. The van der Waals surface area contributed by atoms with E-state index in [-0.39, 0.29) is 23.9 Å². The van der Waals surface area contributed by atoms with Gasteiger partial charge in [0.05, 0.1) is 24.2 Å². The Morgan fingerprint density at radius 2 is 2.05 bits per heavy atom. The molecule has 200 valence electrons. The second-order valence-corrected chi connectivity index (χ2v) is 11.6. The summed E-state index contributed by atoms with van der Waals surface area (Å²) in [6.07, 6.45) is 2.57. The number of fused-ring (bicyclic) bond motifs is 1. The zero-order chi connectivity index (χ0) is 27.2. The predicted molar refractivity (Wildman–Crippen MR) is 145 cm³/mol. The minimum absolute atomic E-state index is 0.0828. The first kappa shape index (κ1) is 26.2. The Balaban J connectivity index is 1.37. The number of carbonyl (C=O) groups is 3. The quantitative estimate of drug-likeness (QED) is 0.248. The van der Waals surface area contributed by atoms with Crippen molar-refractivity contribution >= 4 is 41.1 Å². The summed E-state index contributed by atoms with van der Waals surface area (Å²) < 4.78 is 5.86. The number of ketones is 1. The van der Waals surface area contributed by atoms with E-state index in [2.05, 4.69) is 20.8 Å². The molecule has 10 heteroatoms. The van der Waals surface area contributed by atoms with Crippen LogP contribution in [0.5, 0.6) is 0 Å². The van der Waals surface area contributed by atoms with Crippen molar-refractivity contribution < 1.29 is 18.8 Å². The first-order valence-corrected chi connectivity index (χ1v) is 13.2. The second-order valence-electron chi connectivity index (χ2n) is 11.2. The Bertz CT molecular complexity index is 1380. The third-order valence-electron chi connectivity index (χ3n) is 7.14. The zero-order valence-corrected chi connectivity index (χ0v) is 22.7. The van der Waals surface area contributed by atoms with Crippen molar-refractivity contribution in [3.8, 4) is 0 Å². The van der Waals surface area contributed by atoms with Gasteiger partial charge in [0.25, 0.3) is 5.91 Å². The van der Waals surface area contributed by atoms with Crippen LogP contribution in [0.4, 0.5) is 11.5 Å². The van der Waals surface area contributed by atoms with E-state index < -0.39 is 11.8 Å². The van der Waals surface area contributed by atoms with Crippen LogP contribution < -0.4 is 15.5 Å². The van der Waals surface area contributed by atoms with Gasteiger partial charge in [-0.05, 0) is 49.4 Å². The number of hydrogen-bond acceptors (Lipinski definition) is 7. The van der Waals surface area contributed by atoms with Crippen LogP contribution in [0.2, 0.25) is 5.02 Å². The van der Waals surface area contributed by atoms with E-state index in [1.807, 2.05) is 45.9 Å². The van der Waals surface area contributed by atoms with Gasteiger partial charge in [-0.25, -0.2) is 0 Å². The van der Waals surface area contributed by atoms with Crippen LogP contribution >= 0.6 is 11.6 Å². The Labute approximate surface area is 226 Å². The van der Waals surface area contributed by atoms with E-state index in [9.17, 15) is 14.4 Å². The molecule has 0 bridgehead atoms. The van der Waals surface area contributed by atoms with E-state index in [1.54, 1.807) is 17.0 Å². The number of H-pyrrole nitrogens is 1. The zero-order valence-electron chi connectivity index (χ0n) is 21.9. The molecule has 1 saturated carbocycles. The summed E-state index contributed by atoms with van der Waals surface area (Å²) in [6, 6.07) is 7.93. The van der Waals surface area contributed by atoms with E-state index in [4.69, 9.17) is 16.0 Å². The molecule has 5 rings (SSSR count). The van der Waals surface area contributed by atoms with Gasteiger partial charge >= 0.3 is 0 Å². The highest BCUT2D eigenvalue weighted by molar-refractivity contribution is 6.33. The van der Waals surface area contributed by atoms with Crippen LogP contribution in [0.3, 0.4) is 0 Å². The fourth-order valence-electron chi connectivity index (χ4n) is 4.89. The molecule has 38 heavy (non-hydrogen) atoms. The molecular weight excluding hydrogens is 506 g/mol. The van der Waals surface area contributed by atoms with Crippen molar-refractivity contribution in [2.45, 2.75) is 65.1 Å². The van der Waals surface area contributed by atoms with Gasteiger partial charge in [-0.2, -0.15) is 5.10 Å². The van der Waals surface area contributed by atoms with Crippen molar-refractivity contribution in [1.29, 1.82) is 0 Å². The van der Waals surface area contributed by atoms with Gasteiger partial charge in [0.2, 0.25) is 5.78 Å². The lowest BCUT2D eigenvalue weighted by Crippen LogP contribution is -2.47. The molecule has 3 N–H and O–H groups in total. The van der Waals surface area contributed by atoms with Crippen molar-refractivity contribution in [3.05, 3.63) is 63.7 Å². The van der Waals surface area contributed by atoms with Gasteiger partial charge in [-0.3, -0.25) is 29.7 Å². The molecule has 1 fully saturated rings. The number of nitrogens with zero attached hydrogens (tertiary/aromatic N) is 2. The molecule has 1 aromatic carbocycles. The molecule has 9 nitrogen and oxygen atoms in total. The van der Waals surface area contributed by atoms with Gasteiger partial charge in [-0.15, -0.1) is 0 Å². The number of aldehydes is 1. The van der Waals surface area contributed by atoms with Crippen molar-refractivity contribution in [2.24, 2.45) is 5.41 Å². The highest BCUT2D eigenvalue weighted by Gasteiger charge is 2.37. The summed E-state index contributed by atoms with van der Waals surface area (Å²) in [5.74, 6) is 1.67. The van der Waals surface area contributed by atoms with Crippen LogP contribution in [0.25, 0.3) is 0 Å². The molecule has 1 aliphatic heterocycles. The Morgan fingerprint density at radius 3 is 2.68 bits per heavy atom. The number of nitrogens with one attached hydrogen (secondary N) is 3. The van der Waals surface area contributed by atoms with Crippen LogP contribution in [-0.2, 0) is 16.1 Å². The maximum absolute atomic E-state index is 13.5. The third kappa shape index (κ3) is 5.13. The van der Waals surface area contributed by atoms with Gasteiger partial charge < -0.3 is 9.73 Å². The summed E-state index contributed by atoms with van der Waals surface area (Å²) >= 11 is 6.49. The number of benzene rings is 1. The van der Waals surface area contributed by atoms with Gasteiger partial charge in [0.15, 0.2) is 12.1 Å². The van der Waals surface area contributed by atoms with Crippen molar-refractivity contribution in [3.63, 3.8) is 0 Å². The Morgan fingerprint density at radius 1 is 1.29 bits per heavy atom. The molecule has 1 unspecified atom stereocenters. The normalized spacial score (nSPS) is 16.9. The number of Topliss-reactive ketones (excluding diaryl/α,β-unsaturated/α-hetero) is 1. The van der Waals surface area contributed by atoms with Gasteiger partial charge in [0.1, 0.15) is 11.5 Å². The van der Waals surface area contributed by atoms with E-state index in [0.29, 0.717) is 52.2 Å². The molecule has 0 radical (unpaired) electrons. The number of aromatic nitrogens is 2. The number of anilines is 2. The molecule has 2 aromatic heterocycles. The molecule has 3 heterocycles. The lowest BCUT2D eigenvalue weighted by atomic mass is 9.84. The van der Waals surface area contributed by atoms with Crippen LogP contribution in [0.1, 0.15) is 78.7 Å². The number of rotatable bonds is 10. The topological polar surface area (TPSA) is 120 Å². The summed E-state index contributed by atoms with van der Waals surface area (Å²) in [5.41, 5.74) is 2.41. The predicted octanol–water partition coefficient (Wildman–Crippen LogP) is 4.93. The average Bonchev–Trinajstić information content (AvgIpc) is 3.27. The van der Waals surface area contributed by atoms with Crippen LogP contribution in [-0.4, -0.2) is 40.8 Å². The molecular formula is C28H32ClN5O4. The second kappa shape index (κ2) is 10.0. The standard InChI is InChI=1S/C28H32ClN5O4/c1-15-5-10-23(38-15)26(28(2,3)4)31-21(22(36)14-35)12-30-19-9-8-18(29)17-13-34(27(37)25(17)19)24-11-20(32-33-24)16-6-7-16/h5,8-11,14,16,21,26,30-31H,6-7,12-13H2,1-4H3,(H,32,33)/t21?,26-/m0/s1. The largest absolute Gasteiger partial charge is 0.465 e. The highest BCUT2D eigenvalue weighted by Crippen LogP contribution is 2.42. The first-order valence-electron chi connectivity index (χ1n) is 12.8. The number of carbonyl (C=O) groups excluding carboxylic acids is 3. The number of furan rings is 1. The highest BCUT2D eigenvalue weighted by atomic mass is 35.5. The van der Waals surface area contributed by atoms with E-state index in [0.717, 1.165) is 24.3 Å². The number of aryl methyl sites for hydroxylation is 1. The fraction of sp³-hybridized carbons (Fsp3) is 0.429. The minimum atomic E-state index is -0.853. The lowest BCUT2D eigenvalue weighted by molar-refractivity contribution is -0.131. The maximum Gasteiger partial charge on any atom is 0.262 e. The number of aromatic amines is 1. The van der Waals surface area contributed by atoms with Crippen LogP contribution in [0, 0.1) is 12.3 Å². The third-order valence-corrected chi connectivity index (χ3v) is 7.50. The van der Waals surface area contributed by atoms with Gasteiger partial charge in [0, 0.05) is 40.5 Å². The maximum atomic E-state index is 13.5.